The maximum atomic E-state index is 13.7. The molecule has 1 aliphatic rings. The lowest BCUT2D eigenvalue weighted by Crippen LogP contribution is -2.29. The largest absolute Gasteiger partial charge is 0.494 e. The van der Waals surface area contributed by atoms with Crippen LogP contribution in [0, 0.1) is 0 Å². The molecule has 0 N–H and O–H groups in total. The van der Waals surface area contributed by atoms with Crippen LogP contribution in [-0.2, 0) is 0 Å². The molecule has 1 amide bonds. The SMILES string of the molecule is CCCCOc1cccc(C2c3c(oc4ccccc4c3=O)C(=O)N2c2ccc(OCC)cc2)c1. The highest BCUT2D eigenvalue weighted by atomic mass is 16.5. The molecule has 2 heterocycles. The Labute approximate surface area is 203 Å². The smallest absolute Gasteiger partial charge is 0.295 e. The Bertz CT molecular complexity index is 1420. The van der Waals surface area contributed by atoms with E-state index in [2.05, 4.69) is 6.92 Å². The van der Waals surface area contributed by atoms with E-state index < -0.39 is 6.04 Å². The van der Waals surface area contributed by atoms with Crippen LogP contribution in [0.4, 0.5) is 5.69 Å². The van der Waals surface area contributed by atoms with Crippen molar-refractivity contribution in [2.75, 3.05) is 18.1 Å². The molecule has 0 saturated heterocycles. The fourth-order valence-corrected chi connectivity index (χ4v) is 4.48. The highest BCUT2D eigenvalue weighted by molar-refractivity contribution is 6.10. The summed E-state index contributed by atoms with van der Waals surface area (Å²) in [7, 11) is 0. The summed E-state index contributed by atoms with van der Waals surface area (Å²) in [4.78, 5) is 29.0. The van der Waals surface area contributed by atoms with Crippen LogP contribution in [0.5, 0.6) is 11.5 Å². The first-order valence-electron chi connectivity index (χ1n) is 12.0. The van der Waals surface area contributed by atoms with Crippen LogP contribution in [0.25, 0.3) is 11.0 Å². The normalized spacial score (nSPS) is 14.9. The average molecular weight is 470 g/mol. The Hall–Kier alpha value is -4.06. The molecule has 1 aromatic heterocycles. The van der Waals surface area contributed by atoms with E-state index in [-0.39, 0.29) is 17.1 Å². The minimum atomic E-state index is -0.647. The molecule has 178 valence electrons. The van der Waals surface area contributed by atoms with E-state index in [4.69, 9.17) is 13.9 Å². The van der Waals surface area contributed by atoms with Crippen molar-refractivity contribution >= 4 is 22.6 Å². The predicted molar refractivity (Wildman–Crippen MR) is 136 cm³/mol. The van der Waals surface area contributed by atoms with E-state index in [9.17, 15) is 9.59 Å². The van der Waals surface area contributed by atoms with Gasteiger partial charge in [0.05, 0.1) is 30.2 Å². The van der Waals surface area contributed by atoms with Crippen molar-refractivity contribution in [3.8, 4) is 11.5 Å². The van der Waals surface area contributed by atoms with Gasteiger partial charge in [-0.3, -0.25) is 14.5 Å². The van der Waals surface area contributed by atoms with E-state index in [0.717, 1.165) is 18.4 Å². The number of carbonyl (C=O) groups is 1. The minimum absolute atomic E-state index is 0.0740. The third kappa shape index (κ3) is 4.16. The fourth-order valence-electron chi connectivity index (χ4n) is 4.48. The van der Waals surface area contributed by atoms with Gasteiger partial charge in [-0.25, -0.2) is 0 Å². The second-order valence-electron chi connectivity index (χ2n) is 8.45. The Morgan fingerprint density at radius 2 is 1.69 bits per heavy atom. The number of rotatable bonds is 8. The second-order valence-corrected chi connectivity index (χ2v) is 8.45. The third-order valence-electron chi connectivity index (χ3n) is 6.14. The summed E-state index contributed by atoms with van der Waals surface area (Å²) in [6.45, 7) is 5.18. The number of hydrogen-bond donors (Lipinski definition) is 0. The minimum Gasteiger partial charge on any atom is -0.494 e. The molecular weight excluding hydrogens is 442 g/mol. The van der Waals surface area contributed by atoms with Crippen molar-refractivity contribution in [3.05, 3.63) is 99.9 Å². The number of carbonyl (C=O) groups excluding carboxylic acids is 1. The van der Waals surface area contributed by atoms with E-state index >= 15 is 0 Å². The standard InChI is InChI=1S/C29H27NO5/c1-3-5-17-34-22-10-8-9-19(18-22)26-25-27(31)23-11-6-7-12-24(23)35-28(25)29(32)30(26)20-13-15-21(16-14-20)33-4-2/h6-16,18,26H,3-5,17H2,1-2H3. The second kappa shape index (κ2) is 9.66. The summed E-state index contributed by atoms with van der Waals surface area (Å²) in [5.74, 6) is 1.14. The Balaban J connectivity index is 1.67. The van der Waals surface area contributed by atoms with Gasteiger partial charge in [-0.05, 0) is 67.4 Å². The molecule has 1 aliphatic heterocycles. The van der Waals surface area contributed by atoms with E-state index in [1.54, 1.807) is 29.2 Å². The van der Waals surface area contributed by atoms with Gasteiger partial charge in [0.1, 0.15) is 17.1 Å². The van der Waals surface area contributed by atoms with Crippen LogP contribution in [0.1, 0.15) is 54.4 Å². The van der Waals surface area contributed by atoms with Crippen molar-refractivity contribution < 1.29 is 18.7 Å². The molecule has 0 fully saturated rings. The lowest BCUT2D eigenvalue weighted by atomic mass is 9.98. The molecule has 0 aliphatic carbocycles. The quantitative estimate of drug-likeness (QED) is 0.291. The molecular formula is C29H27NO5. The fraction of sp³-hybridized carbons (Fsp3) is 0.241. The van der Waals surface area contributed by atoms with Crippen molar-refractivity contribution in [1.29, 1.82) is 0 Å². The lowest BCUT2D eigenvalue weighted by molar-refractivity contribution is 0.0971. The number of ether oxygens (including phenoxy) is 2. The maximum absolute atomic E-state index is 13.7. The Kier molecular flexibility index (Phi) is 6.27. The van der Waals surface area contributed by atoms with Gasteiger partial charge in [-0.15, -0.1) is 0 Å². The first kappa shape index (κ1) is 22.7. The summed E-state index contributed by atoms with van der Waals surface area (Å²) in [5.41, 5.74) is 1.96. The van der Waals surface area contributed by atoms with Crippen molar-refractivity contribution in [3.63, 3.8) is 0 Å². The summed E-state index contributed by atoms with van der Waals surface area (Å²) >= 11 is 0. The number of fused-ring (bicyclic) bond motifs is 2. The Morgan fingerprint density at radius 1 is 0.886 bits per heavy atom. The molecule has 6 nitrogen and oxygen atoms in total. The molecule has 6 heteroatoms. The third-order valence-corrected chi connectivity index (χ3v) is 6.14. The van der Waals surface area contributed by atoms with Crippen LogP contribution in [0.3, 0.4) is 0 Å². The summed E-state index contributed by atoms with van der Waals surface area (Å²) in [5, 5.41) is 0.452. The zero-order valence-electron chi connectivity index (χ0n) is 19.8. The van der Waals surface area contributed by atoms with Gasteiger partial charge in [-0.2, -0.15) is 0 Å². The van der Waals surface area contributed by atoms with E-state index in [0.29, 0.717) is 46.9 Å². The summed E-state index contributed by atoms with van der Waals surface area (Å²) in [6, 6.07) is 21.3. The van der Waals surface area contributed by atoms with E-state index in [1.165, 1.54) is 0 Å². The molecule has 4 aromatic rings. The highest BCUT2D eigenvalue weighted by Gasteiger charge is 2.43. The van der Waals surface area contributed by atoms with E-state index in [1.807, 2.05) is 55.5 Å². The number of amides is 1. The molecule has 1 unspecified atom stereocenters. The van der Waals surface area contributed by atoms with Crippen LogP contribution in [0.15, 0.2) is 82.0 Å². The number of anilines is 1. The van der Waals surface area contributed by atoms with Gasteiger partial charge in [0.2, 0.25) is 5.76 Å². The molecule has 3 aromatic carbocycles. The van der Waals surface area contributed by atoms with Crippen LogP contribution in [-0.4, -0.2) is 19.1 Å². The molecule has 0 radical (unpaired) electrons. The maximum Gasteiger partial charge on any atom is 0.295 e. The van der Waals surface area contributed by atoms with Gasteiger partial charge < -0.3 is 13.9 Å². The monoisotopic (exact) mass is 469 g/mol. The summed E-state index contributed by atoms with van der Waals surface area (Å²) < 4.78 is 17.5. The van der Waals surface area contributed by atoms with Crippen LogP contribution in [0.2, 0.25) is 0 Å². The predicted octanol–water partition coefficient (Wildman–Crippen LogP) is 6.12. The lowest BCUT2D eigenvalue weighted by Gasteiger charge is -2.25. The average Bonchev–Trinajstić information content (AvgIpc) is 3.18. The summed E-state index contributed by atoms with van der Waals surface area (Å²) in [6.07, 6.45) is 1.98. The number of para-hydroxylation sites is 1. The molecule has 0 spiro atoms. The number of benzene rings is 3. The molecule has 0 saturated carbocycles. The molecule has 5 rings (SSSR count). The van der Waals surface area contributed by atoms with Crippen molar-refractivity contribution in [2.24, 2.45) is 0 Å². The van der Waals surface area contributed by atoms with Crippen LogP contribution < -0.4 is 19.8 Å². The number of hydrogen-bond acceptors (Lipinski definition) is 5. The zero-order valence-corrected chi connectivity index (χ0v) is 19.8. The van der Waals surface area contributed by atoms with Gasteiger partial charge in [-0.1, -0.05) is 37.6 Å². The zero-order chi connectivity index (χ0) is 24.4. The van der Waals surface area contributed by atoms with Crippen molar-refractivity contribution in [1.82, 2.24) is 0 Å². The van der Waals surface area contributed by atoms with Gasteiger partial charge in [0.25, 0.3) is 5.91 Å². The molecule has 0 bridgehead atoms. The highest BCUT2D eigenvalue weighted by Crippen LogP contribution is 2.42. The van der Waals surface area contributed by atoms with Crippen LogP contribution >= 0.6 is 0 Å². The molecule has 35 heavy (non-hydrogen) atoms. The first-order chi connectivity index (χ1) is 17.1. The topological polar surface area (TPSA) is 69.0 Å². The number of nitrogens with zero attached hydrogens (tertiary/aromatic N) is 1. The van der Waals surface area contributed by atoms with Gasteiger partial charge in [0.15, 0.2) is 5.43 Å². The van der Waals surface area contributed by atoms with Gasteiger partial charge in [0, 0.05) is 5.69 Å². The first-order valence-corrected chi connectivity index (χ1v) is 12.0. The van der Waals surface area contributed by atoms with Gasteiger partial charge >= 0.3 is 0 Å². The van der Waals surface area contributed by atoms with Crippen molar-refractivity contribution in [2.45, 2.75) is 32.7 Å². The Morgan fingerprint density at radius 3 is 2.46 bits per heavy atom. The molecule has 1 atom stereocenters. The number of unbranched alkanes of at least 4 members (excludes halogenated alkanes) is 1.